The number of nitrogens with two attached hydrogens (primary N) is 1. The molecule has 1 aliphatic heterocycles. The molecule has 4 rings (SSSR count). The van der Waals surface area contributed by atoms with E-state index in [0.717, 1.165) is 5.82 Å². The highest BCUT2D eigenvalue weighted by Crippen LogP contribution is 2.40. The number of piperidine rings is 1. The summed E-state index contributed by atoms with van der Waals surface area (Å²) >= 11 is 6.12. The zero-order chi connectivity index (χ0) is 24.0. The van der Waals surface area contributed by atoms with Gasteiger partial charge in [-0.2, -0.15) is 0 Å². The Balaban J connectivity index is 1.67. The lowest BCUT2D eigenvalue weighted by Crippen LogP contribution is -2.56. The highest BCUT2D eigenvalue weighted by molar-refractivity contribution is 6.33. The van der Waals surface area contributed by atoms with Crippen LogP contribution in [0.5, 0.6) is 0 Å². The lowest BCUT2D eigenvalue weighted by Gasteiger charge is -2.49. The molecule has 9 heteroatoms. The van der Waals surface area contributed by atoms with Gasteiger partial charge in [0.2, 0.25) is 0 Å². The zero-order valence-electron chi connectivity index (χ0n) is 19.1. The van der Waals surface area contributed by atoms with Gasteiger partial charge >= 0.3 is 6.09 Å². The van der Waals surface area contributed by atoms with E-state index in [4.69, 9.17) is 27.1 Å². The first kappa shape index (κ1) is 23.2. The van der Waals surface area contributed by atoms with Crippen molar-refractivity contribution >= 4 is 34.7 Å². The first-order chi connectivity index (χ1) is 15.5. The maximum absolute atomic E-state index is 13.9. The Kier molecular flexibility index (Phi) is 5.90. The molecule has 2 atom stereocenters. The number of ether oxygens (including phenoxy) is 1. The molecular weight excluding hydrogens is 445 g/mol. The minimum absolute atomic E-state index is 0.0245. The largest absolute Gasteiger partial charge is 0.443 e. The summed E-state index contributed by atoms with van der Waals surface area (Å²) in [6.07, 6.45) is 2.18. The Morgan fingerprint density at radius 1 is 1.27 bits per heavy atom. The number of primary amides is 1. The Bertz CT molecular complexity index is 1220. The maximum Gasteiger partial charge on any atom is 0.405 e. The number of pyridine rings is 1. The van der Waals surface area contributed by atoms with E-state index in [1.54, 1.807) is 24.4 Å². The quantitative estimate of drug-likeness (QED) is 0.553. The van der Waals surface area contributed by atoms with Gasteiger partial charge < -0.3 is 15.4 Å². The van der Waals surface area contributed by atoms with Crippen molar-refractivity contribution in [3.8, 4) is 11.3 Å². The second-order valence-corrected chi connectivity index (χ2v) is 10.1. The molecule has 1 fully saturated rings. The third kappa shape index (κ3) is 4.71. The molecule has 0 spiro atoms. The Morgan fingerprint density at radius 2 is 2.03 bits per heavy atom. The van der Waals surface area contributed by atoms with E-state index >= 15 is 0 Å². The SMILES string of the molecule is CC1(OC(N)=O)CCN(c2cnc3nc(-c4cccc(F)c4Cl)ccc3n2)C(C(C)(C)C)C1. The van der Waals surface area contributed by atoms with Crippen molar-refractivity contribution in [1.82, 2.24) is 15.0 Å². The van der Waals surface area contributed by atoms with Crippen LogP contribution in [0.15, 0.2) is 36.5 Å². The summed E-state index contributed by atoms with van der Waals surface area (Å²) in [5.41, 5.74) is 6.66. The van der Waals surface area contributed by atoms with Crippen LogP contribution >= 0.6 is 11.6 Å². The summed E-state index contributed by atoms with van der Waals surface area (Å²) in [6, 6.07) is 8.23. The molecule has 2 N–H and O–H groups in total. The molecule has 0 saturated carbocycles. The van der Waals surface area contributed by atoms with Gasteiger partial charge in [-0.05, 0) is 30.5 Å². The van der Waals surface area contributed by atoms with Crippen molar-refractivity contribution in [3.63, 3.8) is 0 Å². The Labute approximate surface area is 197 Å². The minimum Gasteiger partial charge on any atom is -0.443 e. The number of carbonyl (C=O) groups excluding carboxylic acids is 1. The molecule has 7 nitrogen and oxygen atoms in total. The number of hydrogen-bond donors (Lipinski definition) is 1. The third-order valence-corrected chi connectivity index (χ3v) is 6.53. The van der Waals surface area contributed by atoms with Gasteiger partial charge in [-0.15, -0.1) is 0 Å². The van der Waals surface area contributed by atoms with Gasteiger partial charge in [-0.25, -0.2) is 24.1 Å². The van der Waals surface area contributed by atoms with Crippen molar-refractivity contribution in [3.05, 3.63) is 47.4 Å². The van der Waals surface area contributed by atoms with E-state index < -0.39 is 17.5 Å². The number of carbonyl (C=O) groups is 1. The van der Waals surface area contributed by atoms with Gasteiger partial charge in [-0.3, -0.25) is 0 Å². The maximum atomic E-state index is 13.9. The molecule has 174 valence electrons. The van der Waals surface area contributed by atoms with Crippen LogP contribution in [0.25, 0.3) is 22.4 Å². The van der Waals surface area contributed by atoms with Crippen LogP contribution in [-0.4, -0.2) is 39.2 Å². The number of nitrogens with zero attached hydrogens (tertiary/aromatic N) is 4. The van der Waals surface area contributed by atoms with Crippen LogP contribution in [0.1, 0.15) is 40.5 Å². The van der Waals surface area contributed by atoms with Crippen LogP contribution in [0.3, 0.4) is 0 Å². The molecule has 0 radical (unpaired) electrons. The Hall–Kier alpha value is -3.00. The predicted octanol–water partition coefficient (Wildman–Crippen LogP) is 5.35. The molecule has 0 aliphatic carbocycles. The van der Waals surface area contributed by atoms with Crippen LogP contribution in [-0.2, 0) is 4.74 Å². The highest BCUT2D eigenvalue weighted by atomic mass is 35.5. The van der Waals surface area contributed by atoms with Crippen molar-refractivity contribution < 1.29 is 13.9 Å². The van der Waals surface area contributed by atoms with Gasteiger partial charge in [-0.1, -0.05) is 44.5 Å². The molecule has 1 aromatic carbocycles. The number of fused-ring (bicyclic) bond motifs is 1. The average Bonchev–Trinajstić information content (AvgIpc) is 2.73. The average molecular weight is 472 g/mol. The van der Waals surface area contributed by atoms with Gasteiger partial charge in [0, 0.05) is 31.0 Å². The topological polar surface area (TPSA) is 94.2 Å². The summed E-state index contributed by atoms with van der Waals surface area (Å²) < 4.78 is 19.3. The predicted molar refractivity (Wildman–Crippen MR) is 127 cm³/mol. The molecule has 33 heavy (non-hydrogen) atoms. The van der Waals surface area contributed by atoms with E-state index in [1.807, 2.05) is 13.0 Å². The fourth-order valence-corrected chi connectivity index (χ4v) is 4.62. The number of aromatic nitrogens is 3. The smallest absolute Gasteiger partial charge is 0.405 e. The Morgan fingerprint density at radius 3 is 2.73 bits per heavy atom. The van der Waals surface area contributed by atoms with Crippen molar-refractivity contribution in [2.75, 3.05) is 11.4 Å². The second-order valence-electron chi connectivity index (χ2n) is 9.77. The number of amides is 1. The van der Waals surface area contributed by atoms with Gasteiger partial charge in [0.05, 0.1) is 16.9 Å². The first-order valence-corrected chi connectivity index (χ1v) is 11.2. The monoisotopic (exact) mass is 471 g/mol. The van der Waals surface area contributed by atoms with E-state index in [2.05, 4.69) is 35.6 Å². The molecule has 1 amide bonds. The lowest BCUT2D eigenvalue weighted by molar-refractivity contribution is -0.00949. The van der Waals surface area contributed by atoms with Crippen molar-refractivity contribution in [2.24, 2.45) is 11.1 Å². The fraction of sp³-hybridized carbons (Fsp3) is 0.417. The lowest BCUT2D eigenvalue weighted by atomic mass is 9.75. The number of halogens is 2. The van der Waals surface area contributed by atoms with Crippen LogP contribution in [0.2, 0.25) is 5.02 Å². The van der Waals surface area contributed by atoms with Gasteiger partial charge in [0.15, 0.2) is 5.65 Å². The van der Waals surface area contributed by atoms with Crippen molar-refractivity contribution in [1.29, 1.82) is 0 Å². The minimum atomic E-state index is -0.760. The molecule has 0 bridgehead atoms. The molecular formula is C24H27ClFN5O2. The molecule has 2 unspecified atom stereocenters. The number of anilines is 1. The number of hydrogen-bond acceptors (Lipinski definition) is 6. The van der Waals surface area contributed by atoms with E-state index in [9.17, 15) is 9.18 Å². The summed E-state index contributed by atoms with van der Waals surface area (Å²) in [5, 5.41) is 0.0245. The molecule has 1 aliphatic rings. The summed E-state index contributed by atoms with van der Waals surface area (Å²) in [5.74, 6) is 0.227. The summed E-state index contributed by atoms with van der Waals surface area (Å²) in [7, 11) is 0. The fourth-order valence-electron chi connectivity index (χ4n) is 4.40. The molecule has 3 aromatic rings. The number of rotatable bonds is 3. The third-order valence-electron chi connectivity index (χ3n) is 6.14. The first-order valence-electron chi connectivity index (χ1n) is 10.8. The van der Waals surface area contributed by atoms with E-state index in [0.29, 0.717) is 41.8 Å². The second kappa shape index (κ2) is 8.41. The number of benzene rings is 1. The summed E-state index contributed by atoms with van der Waals surface area (Å²) in [6.45, 7) is 8.99. The van der Waals surface area contributed by atoms with Crippen molar-refractivity contribution in [2.45, 2.75) is 52.2 Å². The molecule has 1 saturated heterocycles. The van der Waals surface area contributed by atoms with E-state index in [-0.39, 0.29) is 16.5 Å². The molecule has 3 heterocycles. The zero-order valence-corrected chi connectivity index (χ0v) is 19.9. The van der Waals surface area contributed by atoms with Crippen LogP contribution < -0.4 is 10.6 Å². The van der Waals surface area contributed by atoms with Gasteiger partial charge in [0.1, 0.15) is 22.8 Å². The molecule has 2 aromatic heterocycles. The van der Waals surface area contributed by atoms with Gasteiger partial charge in [0.25, 0.3) is 0 Å². The standard InChI is InChI=1S/C24H27ClFN5O2/c1-23(2,3)18-12-24(4,33-22(27)32)10-11-31(18)19-13-28-21-17(29-19)9-8-16(30-21)14-6-5-7-15(26)20(14)25/h5-9,13,18H,10-12H2,1-4H3,(H2,27,32). The normalized spacial score (nSPS) is 21.3. The van der Waals surface area contributed by atoms with Crippen LogP contribution in [0, 0.1) is 11.2 Å². The highest BCUT2D eigenvalue weighted by Gasteiger charge is 2.44. The summed E-state index contributed by atoms with van der Waals surface area (Å²) in [4.78, 5) is 27.5. The van der Waals surface area contributed by atoms with E-state index in [1.165, 1.54) is 6.07 Å². The van der Waals surface area contributed by atoms with Crippen LogP contribution in [0.4, 0.5) is 15.0 Å².